The highest BCUT2D eigenvalue weighted by molar-refractivity contribution is 6.29. The van der Waals surface area contributed by atoms with Gasteiger partial charge in [0.1, 0.15) is 10.8 Å². The molecule has 3 nitrogen and oxygen atoms in total. The molecule has 0 spiro atoms. The van der Waals surface area contributed by atoms with E-state index in [1.807, 2.05) is 0 Å². The van der Waals surface area contributed by atoms with Crippen LogP contribution in [0.15, 0.2) is 6.07 Å². The summed E-state index contributed by atoms with van der Waals surface area (Å²) in [5.74, 6) is -1.59. The van der Waals surface area contributed by atoms with E-state index in [1.165, 1.54) is 0 Å². The molecule has 1 aromatic heterocycles. The molecule has 0 fully saturated rings. The Hall–Kier alpha value is -1.44. The molecule has 18 heavy (non-hydrogen) atoms. The van der Waals surface area contributed by atoms with Crippen LogP contribution < -0.4 is 0 Å². The monoisotopic (exact) mass is 289 g/mol. The number of alkyl halides is 5. The van der Waals surface area contributed by atoms with Crippen LogP contribution in [-0.2, 0) is 17.4 Å². The first-order chi connectivity index (χ1) is 8.12. The summed E-state index contributed by atoms with van der Waals surface area (Å²) >= 11 is 5.29. The molecule has 0 atom stereocenters. The van der Waals surface area contributed by atoms with Crippen molar-refractivity contribution in [2.75, 3.05) is 0 Å². The normalized spacial score (nSPS) is 11.9. The lowest BCUT2D eigenvalue weighted by Crippen LogP contribution is -2.17. The molecule has 100 valence electrons. The Labute approximate surface area is 102 Å². The van der Waals surface area contributed by atoms with E-state index in [0.717, 1.165) is 0 Å². The number of pyridine rings is 1. The molecule has 1 aromatic rings. The van der Waals surface area contributed by atoms with E-state index in [-0.39, 0.29) is 0 Å². The van der Waals surface area contributed by atoms with Crippen LogP contribution in [0, 0.1) is 0 Å². The number of carboxylic acids is 1. The van der Waals surface area contributed by atoms with Crippen LogP contribution in [0.3, 0.4) is 0 Å². The number of aliphatic carboxylic acids is 1. The number of carboxylic acid groups (broad SMARTS) is 1. The summed E-state index contributed by atoms with van der Waals surface area (Å²) in [4.78, 5) is 13.3. The molecule has 9 heteroatoms. The first kappa shape index (κ1) is 14.6. The van der Waals surface area contributed by atoms with Gasteiger partial charge < -0.3 is 5.11 Å². The zero-order chi connectivity index (χ0) is 14.1. The van der Waals surface area contributed by atoms with E-state index in [2.05, 4.69) is 4.98 Å². The van der Waals surface area contributed by atoms with E-state index in [1.54, 1.807) is 0 Å². The molecule has 0 saturated carbocycles. The van der Waals surface area contributed by atoms with Gasteiger partial charge in [-0.05, 0) is 11.6 Å². The summed E-state index contributed by atoms with van der Waals surface area (Å²) in [6, 6.07) is 0.615. The van der Waals surface area contributed by atoms with Crippen molar-refractivity contribution in [1.82, 2.24) is 4.98 Å². The van der Waals surface area contributed by atoms with Crippen molar-refractivity contribution >= 4 is 17.6 Å². The van der Waals surface area contributed by atoms with Gasteiger partial charge in [-0.3, -0.25) is 4.79 Å². The Kier molecular flexibility index (Phi) is 4.10. The summed E-state index contributed by atoms with van der Waals surface area (Å²) in [6.45, 7) is 0. The number of rotatable bonds is 3. The molecule has 0 aliphatic rings. The Bertz CT molecular complexity index is 475. The molecule has 1 heterocycles. The fourth-order valence-corrected chi connectivity index (χ4v) is 1.59. The van der Waals surface area contributed by atoms with Gasteiger partial charge >= 0.3 is 12.1 Å². The quantitative estimate of drug-likeness (QED) is 0.686. The summed E-state index contributed by atoms with van der Waals surface area (Å²) in [5.41, 5.74) is -4.15. The van der Waals surface area contributed by atoms with Crippen molar-refractivity contribution in [3.8, 4) is 0 Å². The lowest BCUT2D eigenvalue weighted by atomic mass is 10.0. The van der Waals surface area contributed by atoms with Crippen molar-refractivity contribution in [3.63, 3.8) is 0 Å². The zero-order valence-corrected chi connectivity index (χ0v) is 9.19. The molecular formula is C9H5ClF5NO2. The van der Waals surface area contributed by atoms with Crippen molar-refractivity contribution in [2.24, 2.45) is 0 Å². The molecule has 1 rings (SSSR count). The van der Waals surface area contributed by atoms with Crippen LogP contribution in [0.1, 0.15) is 23.2 Å². The Morgan fingerprint density at radius 2 is 2.00 bits per heavy atom. The summed E-state index contributed by atoms with van der Waals surface area (Å²) in [5, 5.41) is 7.84. The maximum absolute atomic E-state index is 12.6. The average molecular weight is 290 g/mol. The van der Waals surface area contributed by atoms with Gasteiger partial charge in [0.2, 0.25) is 0 Å². The molecule has 0 saturated heterocycles. The van der Waals surface area contributed by atoms with E-state index in [4.69, 9.17) is 16.7 Å². The molecule has 0 amide bonds. The molecule has 0 aromatic carbocycles. The number of carbonyl (C=O) groups is 1. The van der Waals surface area contributed by atoms with Crippen LogP contribution in [0.2, 0.25) is 5.15 Å². The van der Waals surface area contributed by atoms with E-state index >= 15 is 0 Å². The highest BCUT2D eigenvalue weighted by atomic mass is 35.5. The largest absolute Gasteiger partial charge is 0.481 e. The van der Waals surface area contributed by atoms with Crippen LogP contribution in [0.4, 0.5) is 22.0 Å². The minimum Gasteiger partial charge on any atom is -0.481 e. The maximum atomic E-state index is 12.6. The van der Waals surface area contributed by atoms with Crippen LogP contribution >= 0.6 is 11.6 Å². The third kappa shape index (κ3) is 3.28. The zero-order valence-electron chi connectivity index (χ0n) is 8.43. The SMILES string of the molecule is O=C(O)Cc1cc(Cl)nc(C(F)F)c1C(F)(F)F. The van der Waals surface area contributed by atoms with Gasteiger partial charge in [0.25, 0.3) is 6.43 Å². The average Bonchev–Trinajstić information content (AvgIpc) is 2.12. The first-order valence-electron chi connectivity index (χ1n) is 4.39. The lowest BCUT2D eigenvalue weighted by molar-refractivity contribution is -0.141. The summed E-state index contributed by atoms with van der Waals surface area (Å²) in [6.07, 6.45) is -9.71. The third-order valence-corrected chi connectivity index (χ3v) is 2.12. The second-order valence-electron chi connectivity index (χ2n) is 3.23. The maximum Gasteiger partial charge on any atom is 0.418 e. The highest BCUT2D eigenvalue weighted by Gasteiger charge is 2.40. The molecule has 0 bridgehead atoms. The van der Waals surface area contributed by atoms with E-state index in [9.17, 15) is 26.7 Å². The Morgan fingerprint density at radius 3 is 2.39 bits per heavy atom. The van der Waals surface area contributed by atoms with Gasteiger partial charge in [-0.1, -0.05) is 11.6 Å². The first-order valence-corrected chi connectivity index (χ1v) is 4.77. The summed E-state index contributed by atoms with van der Waals surface area (Å²) in [7, 11) is 0. The standard InChI is InChI=1S/C9H5ClF5NO2/c10-4-1-3(2-5(17)18)6(9(13,14)15)7(16-4)8(11)12/h1,8H,2H2,(H,17,18). The lowest BCUT2D eigenvalue weighted by Gasteiger charge is -2.15. The van der Waals surface area contributed by atoms with Gasteiger partial charge in [0.05, 0.1) is 12.0 Å². The number of hydrogen-bond donors (Lipinski definition) is 1. The highest BCUT2D eigenvalue weighted by Crippen LogP contribution is 2.38. The van der Waals surface area contributed by atoms with Crippen molar-refractivity contribution in [2.45, 2.75) is 19.0 Å². The van der Waals surface area contributed by atoms with Gasteiger partial charge in [-0.25, -0.2) is 13.8 Å². The molecular weight excluding hydrogens is 285 g/mol. The van der Waals surface area contributed by atoms with Crippen LogP contribution in [0.5, 0.6) is 0 Å². The second-order valence-corrected chi connectivity index (χ2v) is 3.62. The van der Waals surface area contributed by atoms with Gasteiger partial charge in [0, 0.05) is 0 Å². The molecule has 0 radical (unpaired) electrons. The molecule has 0 aliphatic heterocycles. The minimum atomic E-state index is -5.13. The summed E-state index contributed by atoms with van der Waals surface area (Å²) < 4.78 is 62.9. The number of nitrogens with zero attached hydrogens (tertiary/aromatic N) is 1. The number of hydrogen-bond acceptors (Lipinski definition) is 2. The smallest absolute Gasteiger partial charge is 0.418 e. The molecule has 1 N–H and O–H groups in total. The minimum absolute atomic E-state index is 0.615. The van der Waals surface area contributed by atoms with Gasteiger partial charge in [-0.15, -0.1) is 0 Å². The van der Waals surface area contributed by atoms with Crippen molar-refractivity contribution in [1.29, 1.82) is 0 Å². The predicted molar refractivity (Wildman–Crippen MR) is 50.5 cm³/mol. The fourth-order valence-electron chi connectivity index (χ4n) is 1.37. The van der Waals surface area contributed by atoms with E-state index in [0.29, 0.717) is 6.07 Å². The Morgan fingerprint density at radius 1 is 1.44 bits per heavy atom. The Balaban J connectivity index is 3.53. The van der Waals surface area contributed by atoms with Crippen LogP contribution in [0.25, 0.3) is 0 Å². The molecule has 0 unspecified atom stereocenters. The van der Waals surface area contributed by atoms with E-state index < -0.39 is 47.0 Å². The van der Waals surface area contributed by atoms with Crippen molar-refractivity contribution in [3.05, 3.63) is 28.0 Å². The van der Waals surface area contributed by atoms with Crippen LogP contribution in [-0.4, -0.2) is 16.1 Å². The van der Waals surface area contributed by atoms with Gasteiger partial charge in [0.15, 0.2) is 0 Å². The fraction of sp³-hybridized carbons (Fsp3) is 0.333. The van der Waals surface area contributed by atoms with Gasteiger partial charge in [-0.2, -0.15) is 13.2 Å². The topological polar surface area (TPSA) is 50.2 Å². The van der Waals surface area contributed by atoms with Crippen molar-refractivity contribution < 1.29 is 31.9 Å². The number of aromatic nitrogens is 1. The molecule has 0 aliphatic carbocycles. The number of halogens is 6. The third-order valence-electron chi connectivity index (χ3n) is 1.93. The second kappa shape index (κ2) is 5.05. The predicted octanol–water partition coefficient (Wildman–Crippen LogP) is 3.32.